The monoisotopic (exact) mass is 576 g/mol. The van der Waals surface area contributed by atoms with Crippen LogP contribution in [0.4, 0.5) is 13.2 Å². The lowest BCUT2D eigenvalue weighted by atomic mass is 9.65. The zero-order chi connectivity index (χ0) is 26.7. The van der Waals surface area contributed by atoms with Crippen molar-refractivity contribution in [3.8, 4) is 5.75 Å². The predicted molar refractivity (Wildman–Crippen MR) is 129 cm³/mol. The average Bonchev–Trinajstić information content (AvgIpc) is 2.73. The minimum Gasteiger partial charge on any atom is -0.460 e. The van der Waals surface area contributed by atoms with Crippen molar-refractivity contribution in [2.45, 2.75) is 77.8 Å². The van der Waals surface area contributed by atoms with Gasteiger partial charge in [-0.2, -0.15) is 0 Å². The van der Waals surface area contributed by atoms with Gasteiger partial charge < -0.3 is 19.7 Å². The first-order valence-electron chi connectivity index (χ1n) is 12.0. The van der Waals surface area contributed by atoms with Crippen molar-refractivity contribution in [2.75, 3.05) is 13.1 Å². The number of piperidine rings is 1. The molecule has 7 nitrogen and oxygen atoms in total. The summed E-state index contributed by atoms with van der Waals surface area (Å²) in [5.74, 6) is -1.78. The van der Waals surface area contributed by atoms with Crippen molar-refractivity contribution in [3.05, 3.63) is 28.2 Å². The molecule has 0 unspecified atom stereocenters. The molecule has 1 aliphatic carbocycles. The maximum absolute atomic E-state index is 13.4. The molecule has 36 heavy (non-hydrogen) atoms. The number of likely N-dealkylation sites (tertiary alicyclic amines) is 1. The number of nitrogens with one attached hydrogen (secondary N) is 1. The van der Waals surface area contributed by atoms with Crippen molar-refractivity contribution in [3.63, 3.8) is 0 Å². The number of ether oxygens (including phenoxy) is 2. The summed E-state index contributed by atoms with van der Waals surface area (Å²) >= 11 is 3.12. The Hall–Kier alpha value is -2.30. The number of carbonyl (C=O) groups is 3. The number of rotatable bonds is 7. The van der Waals surface area contributed by atoms with Crippen LogP contribution in [-0.4, -0.2) is 47.7 Å². The Balaban J connectivity index is 1.61. The Kier molecular flexibility index (Phi) is 8.63. The van der Waals surface area contributed by atoms with Gasteiger partial charge in [-0.25, -0.2) is 0 Å². The van der Waals surface area contributed by atoms with E-state index in [4.69, 9.17) is 4.74 Å². The van der Waals surface area contributed by atoms with Gasteiger partial charge in [-0.3, -0.25) is 14.4 Å². The summed E-state index contributed by atoms with van der Waals surface area (Å²) in [7, 11) is 0. The summed E-state index contributed by atoms with van der Waals surface area (Å²) in [6.07, 6.45) is -1.62. The van der Waals surface area contributed by atoms with Gasteiger partial charge in [0.25, 0.3) is 0 Å². The van der Waals surface area contributed by atoms with Gasteiger partial charge in [0, 0.05) is 29.7 Å². The molecule has 0 spiro atoms. The van der Waals surface area contributed by atoms with E-state index >= 15 is 0 Å². The first kappa shape index (κ1) is 28.3. The molecule has 0 bridgehead atoms. The van der Waals surface area contributed by atoms with Crippen LogP contribution >= 0.6 is 15.9 Å². The van der Waals surface area contributed by atoms with Crippen LogP contribution < -0.4 is 10.1 Å². The van der Waals surface area contributed by atoms with Crippen LogP contribution in [0.1, 0.15) is 64.9 Å². The summed E-state index contributed by atoms with van der Waals surface area (Å²) in [5, 5.41) is 2.68. The lowest BCUT2D eigenvalue weighted by molar-refractivity contribution is -0.274. The van der Waals surface area contributed by atoms with Crippen molar-refractivity contribution < 1.29 is 37.0 Å². The number of halogens is 4. The maximum Gasteiger partial charge on any atom is 0.573 e. The second kappa shape index (κ2) is 11.0. The Morgan fingerprint density at radius 1 is 1.17 bits per heavy atom. The number of hydrogen-bond donors (Lipinski definition) is 1. The van der Waals surface area contributed by atoms with E-state index in [9.17, 15) is 27.6 Å². The maximum atomic E-state index is 13.4. The van der Waals surface area contributed by atoms with Gasteiger partial charge in [-0.15, -0.1) is 13.2 Å². The highest BCUT2D eigenvalue weighted by Gasteiger charge is 2.49. The lowest BCUT2D eigenvalue weighted by Gasteiger charge is -2.45. The van der Waals surface area contributed by atoms with Crippen LogP contribution in [0.25, 0.3) is 0 Å². The van der Waals surface area contributed by atoms with Gasteiger partial charge in [0.15, 0.2) is 0 Å². The normalized spacial score (nSPS) is 19.8. The molecule has 3 rings (SSSR count). The molecule has 1 atom stereocenters. The molecule has 1 heterocycles. The van der Waals surface area contributed by atoms with Crippen LogP contribution in [0.15, 0.2) is 22.7 Å². The quantitative estimate of drug-likeness (QED) is 0.456. The molecule has 2 amide bonds. The molecule has 2 aliphatic rings. The first-order chi connectivity index (χ1) is 16.7. The molecule has 11 heteroatoms. The van der Waals surface area contributed by atoms with Gasteiger partial charge in [-0.05, 0) is 58.6 Å². The van der Waals surface area contributed by atoms with Crippen molar-refractivity contribution in [2.24, 2.45) is 11.3 Å². The molecule has 200 valence electrons. The molecule has 1 N–H and O–H groups in total. The topological polar surface area (TPSA) is 84.9 Å². The summed E-state index contributed by atoms with van der Waals surface area (Å²) in [4.78, 5) is 40.4. The van der Waals surface area contributed by atoms with Crippen LogP contribution in [0.3, 0.4) is 0 Å². The number of amides is 2. The SMILES string of the molecule is CC(C)(C)OC(=O)CC1(C(=O)N2CCC[C@@H](C(=O)NCc3ccc(Br)cc3OC(F)(F)F)C2)CCC1. The summed E-state index contributed by atoms with van der Waals surface area (Å²) < 4.78 is 48.2. The number of esters is 1. The van der Waals surface area contributed by atoms with Crippen molar-refractivity contribution in [1.29, 1.82) is 0 Å². The highest BCUT2D eigenvalue weighted by molar-refractivity contribution is 9.10. The summed E-state index contributed by atoms with van der Waals surface area (Å²) in [5.41, 5.74) is -1.25. The van der Waals surface area contributed by atoms with Crippen LogP contribution in [0.5, 0.6) is 5.75 Å². The van der Waals surface area contributed by atoms with E-state index in [1.165, 1.54) is 12.1 Å². The van der Waals surface area contributed by atoms with Crippen molar-refractivity contribution >= 4 is 33.7 Å². The standard InChI is InChI=1S/C25H32BrF3N2O5/c1-23(2,3)36-20(32)13-24(9-5-10-24)22(34)31-11-4-6-17(15-31)21(33)30-14-16-7-8-18(26)12-19(16)35-25(27,28)29/h7-8,12,17H,4-6,9-11,13-15H2,1-3H3,(H,30,33)/t17-/m1/s1. The molecular formula is C25H32BrF3N2O5. The van der Waals surface area contributed by atoms with E-state index in [2.05, 4.69) is 26.0 Å². The van der Waals surface area contributed by atoms with Crippen LogP contribution in [0.2, 0.25) is 0 Å². The van der Waals surface area contributed by atoms with Gasteiger partial charge in [0.2, 0.25) is 11.8 Å². The van der Waals surface area contributed by atoms with Gasteiger partial charge in [0.05, 0.1) is 17.8 Å². The lowest BCUT2D eigenvalue weighted by Crippen LogP contribution is -2.53. The van der Waals surface area contributed by atoms with Crippen LogP contribution in [0, 0.1) is 11.3 Å². The Bertz CT molecular complexity index is 989. The zero-order valence-electron chi connectivity index (χ0n) is 20.7. The Labute approximate surface area is 217 Å². The van der Waals surface area contributed by atoms with Crippen LogP contribution in [-0.2, 0) is 25.7 Å². The number of nitrogens with zero attached hydrogens (tertiary/aromatic N) is 1. The van der Waals surface area contributed by atoms with Gasteiger partial charge >= 0.3 is 12.3 Å². The van der Waals surface area contributed by atoms with E-state index < -0.39 is 35.0 Å². The Morgan fingerprint density at radius 2 is 1.86 bits per heavy atom. The smallest absolute Gasteiger partial charge is 0.460 e. The predicted octanol–water partition coefficient (Wildman–Crippen LogP) is 5.10. The third kappa shape index (κ3) is 7.60. The summed E-state index contributed by atoms with van der Waals surface area (Å²) in [6, 6.07) is 4.20. The average molecular weight is 577 g/mol. The highest BCUT2D eigenvalue weighted by atomic mass is 79.9. The largest absolute Gasteiger partial charge is 0.573 e. The number of alkyl halides is 3. The van der Waals surface area contributed by atoms with Crippen molar-refractivity contribution in [1.82, 2.24) is 10.2 Å². The molecule has 1 aromatic rings. The molecule has 0 radical (unpaired) electrons. The summed E-state index contributed by atoms with van der Waals surface area (Å²) in [6.45, 7) is 5.88. The van der Waals surface area contributed by atoms with Gasteiger partial charge in [0.1, 0.15) is 11.4 Å². The third-order valence-corrected chi connectivity index (χ3v) is 6.95. The molecular weight excluding hydrogens is 545 g/mol. The first-order valence-corrected chi connectivity index (χ1v) is 12.8. The molecule has 1 aliphatic heterocycles. The molecule has 1 saturated heterocycles. The fraction of sp³-hybridized carbons (Fsp3) is 0.640. The fourth-order valence-electron chi connectivity index (χ4n) is 4.66. The van der Waals surface area contributed by atoms with Gasteiger partial charge in [-0.1, -0.05) is 28.4 Å². The second-order valence-electron chi connectivity index (χ2n) is 10.5. The Morgan fingerprint density at radius 3 is 2.44 bits per heavy atom. The zero-order valence-corrected chi connectivity index (χ0v) is 22.3. The molecule has 1 saturated carbocycles. The fourth-order valence-corrected chi connectivity index (χ4v) is 5.00. The second-order valence-corrected chi connectivity index (χ2v) is 11.4. The van der Waals surface area contributed by atoms with E-state index in [0.717, 1.165) is 6.42 Å². The van der Waals surface area contributed by atoms with E-state index in [1.54, 1.807) is 31.7 Å². The number of benzene rings is 1. The molecule has 2 fully saturated rings. The minimum absolute atomic E-state index is 0.0159. The third-order valence-electron chi connectivity index (χ3n) is 6.45. The number of carbonyl (C=O) groups excluding carboxylic acids is 3. The minimum atomic E-state index is -4.86. The molecule has 1 aromatic carbocycles. The van der Waals surface area contributed by atoms with E-state index in [1.807, 2.05) is 0 Å². The molecule has 0 aromatic heterocycles. The van der Waals surface area contributed by atoms with E-state index in [-0.39, 0.29) is 36.9 Å². The number of hydrogen-bond acceptors (Lipinski definition) is 5. The van der Waals surface area contributed by atoms with E-state index in [0.29, 0.717) is 36.7 Å². The highest BCUT2D eigenvalue weighted by Crippen LogP contribution is 2.46.